The van der Waals surface area contributed by atoms with Gasteiger partial charge in [0.05, 0.1) is 6.67 Å². The summed E-state index contributed by atoms with van der Waals surface area (Å²) in [5.41, 5.74) is 0. The highest BCUT2D eigenvalue weighted by atomic mass is 28.4. The summed E-state index contributed by atoms with van der Waals surface area (Å²) in [6.07, 6.45) is 0.451. The molecule has 0 radical (unpaired) electrons. The first-order chi connectivity index (χ1) is 6.74. The van der Waals surface area contributed by atoms with E-state index in [1.807, 2.05) is 20.8 Å². The molecule has 0 unspecified atom stereocenters. The van der Waals surface area contributed by atoms with Crippen LogP contribution < -0.4 is 0 Å². The maximum Gasteiger partial charge on any atom is 0.501 e. The van der Waals surface area contributed by atoms with E-state index < -0.39 is 8.80 Å². The van der Waals surface area contributed by atoms with E-state index in [0.717, 1.165) is 0 Å². The number of alkyl halides is 1. The van der Waals surface area contributed by atoms with Gasteiger partial charge >= 0.3 is 8.80 Å². The molecule has 0 amide bonds. The highest BCUT2D eigenvalue weighted by Crippen LogP contribution is 2.17. The average molecular weight is 224 g/mol. The summed E-state index contributed by atoms with van der Waals surface area (Å²) >= 11 is 0. The maximum absolute atomic E-state index is 12.1. The highest BCUT2D eigenvalue weighted by molar-refractivity contribution is 6.60. The van der Waals surface area contributed by atoms with Crippen LogP contribution in [0.15, 0.2) is 0 Å². The summed E-state index contributed by atoms with van der Waals surface area (Å²) in [5, 5.41) is 0. The van der Waals surface area contributed by atoms with Crippen molar-refractivity contribution >= 4 is 8.80 Å². The van der Waals surface area contributed by atoms with Crippen molar-refractivity contribution in [1.82, 2.24) is 0 Å². The van der Waals surface area contributed by atoms with Crippen molar-refractivity contribution < 1.29 is 17.7 Å². The van der Waals surface area contributed by atoms with Crippen LogP contribution in [0.25, 0.3) is 0 Å². The van der Waals surface area contributed by atoms with E-state index in [4.69, 9.17) is 13.3 Å². The Hall–Kier alpha value is 0.0269. The van der Waals surface area contributed by atoms with Gasteiger partial charge in [0, 0.05) is 25.9 Å². The first-order valence-electron chi connectivity index (χ1n) is 5.22. The van der Waals surface area contributed by atoms with Crippen LogP contribution in [0.5, 0.6) is 0 Å². The normalized spacial score (nSPS) is 12.0. The summed E-state index contributed by atoms with van der Waals surface area (Å²) in [5.74, 6) is 0. The van der Waals surface area contributed by atoms with Gasteiger partial charge in [-0.3, -0.25) is 4.39 Å². The lowest BCUT2D eigenvalue weighted by Gasteiger charge is -2.28. The fraction of sp³-hybridized carbons (Fsp3) is 1.00. The zero-order valence-electron chi connectivity index (χ0n) is 9.35. The second-order valence-electron chi connectivity index (χ2n) is 2.77. The van der Waals surface area contributed by atoms with Crippen molar-refractivity contribution in [3.63, 3.8) is 0 Å². The minimum absolute atomic E-state index is 0.345. The van der Waals surface area contributed by atoms with Crippen LogP contribution >= 0.6 is 0 Å². The predicted molar refractivity (Wildman–Crippen MR) is 56.0 cm³/mol. The van der Waals surface area contributed by atoms with E-state index in [0.29, 0.717) is 32.3 Å². The van der Waals surface area contributed by atoms with Gasteiger partial charge in [-0.05, 0) is 27.2 Å². The SMILES string of the molecule is CCO[Si](CCCF)(OCC)OCC. The van der Waals surface area contributed by atoms with Gasteiger partial charge < -0.3 is 13.3 Å². The first kappa shape index (κ1) is 14.0. The molecule has 0 N–H and O–H groups in total. The highest BCUT2D eigenvalue weighted by Gasteiger charge is 2.39. The lowest BCUT2D eigenvalue weighted by molar-refractivity contribution is 0.0703. The second-order valence-corrected chi connectivity index (χ2v) is 5.51. The standard InChI is InChI=1S/C9H21FO3Si/c1-4-11-14(12-5-2,13-6-3)9-7-8-10/h4-9H2,1-3H3. The van der Waals surface area contributed by atoms with Crippen LogP contribution in [0.2, 0.25) is 6.04 Å². The van der Waals surface area contributed by atoms with E-state index in [-0.39, 0.29) is 6.67 Å². The fourth-order valence-corrected chi connectivity index (χ4v) is 3.85. The van der Waals surface area contributed by atoms with Crippen LogP contribution in [0.1, 0.15) is 27.2 Å². The van der Waals surface area contributed by atoms with Crippen LogP contribution in [0, 0.1) is 0 Å². The van der Waals surface area contributed by atoms with Crippen molar-refractivity contribution in [2.75, 3.05) is 26.5 Å². The smallest absolute Gasteiger partial charge is 0.374 e. The molecule has 14 heavy (non-hydrogen) atoms. The molecule has 0 atom stereocenters. The largest absolute Gasteiger partial charge is 0.501 e. The first-order valence-corrected chi connectivity index (χ1v) is 7.15. The van der Waals surface area contributed by atoms with Gasteiger partial charge in [-0.15, -0.1) is 0 Å². The molecule has 0 aromatic rings. The Morgan fingerprint density at radius 2 is 1.36 bits per heavy atom. The average Bonchev–Trinajstić information content (AvgIpc) is 2.16. The van der Waals surface area contributed by atoms with Crippen LogP contribution in [0.4, 0.5) is 4.39 Å². The van der Waals surface area contributed by atoms with E-state index >= 15 is 0 Å². The van der Waals surface area contributed by atoms with E-state index in [1.54, 1.807) is 0 Å². The molecule has 0 bridgehead atoms. The van der Waals surface area contributed by atoms with Gasteiger partial charge in [0.15, 0.2) is 0 Å². The Balaban J connectivity index is 4.21. The van der Waals surface area contributed by atoms with Crippen molar-refractivity contribution in [3.8, 4) is 0 Å². The van der Waals surface area contributed by atoms with Gasteiger partial charge in [0.25, 0.3) is 0 Å². The quantitative estimate of drug-likeness (QED) is 0.563. The zero-order valence-corrected chi connectivity index (χ0v) is 10.3. The molecule has 0 aliphatic rings. The fourth-order valence-electron chi connectivity index (χ4n) is 1.28. The number of halogens is 1. The molecule has 0 aliphatic heterocycles. The zero-order chi connectivity index (χ0) is 10.9. The summed E-state index contributed by atoms with van der Waals surface area (Å²) < 4.78 is 28.7. The van der Waals surface area contributed by atoms with Gasteiger partial charge in [0.1, 0.15) is 0 Å². The molecule has 0 aliphatic carbocycles. The summed E-state index contributed by atoms with van der Waals surface area (Å²) in [4.78, 5) is 0. The van der Waals surface area contributed by atoms with Crippen molar-refractivity contribution in [2.45, 2.75) is 33.2 Å². The maximum atomic E-state index is 12.1. The van der Waals surface area contributed by atoms with Crippen molar-refractivity contribution in [1.29, 1.82) is 0 Å². The van der Waals surface area contributed by atoms with Crippen LogP contribution in [-0.4, -0.2) is 35.3 Å². The number of rotatable bonds is 9. The lowest BCUT2D eigenvalue weighted by atomic mass is 10.6. The van der Waals surface area contributed by atoms with E-state index in [2.05, 4.69) is 0 Å². The van der Waals surface area contributed by atoms with Crippen LogP contribution in [-0.2, 0) is 13.3 Å². The molecule has 0 saturated heterocycles. The predicted octanol–water partition coefficient (Wildman–Crippen LogP) is 2.39. The van der Waals surface area contributed by atoms with E-state index in [9.17, 15) is 4.39 Å². The second kappa shape index (κ2) is 8.34. The number of hydrogen-bond donors (Lipinski definition) is 0. The van der Waals surface area contributed by atoms with Crippen molar-refractivity contribution in [2.24, 2.45) is 0 Å². The van der Waals surface area contributed by atoms with Gasteiger partial charge in [-0.1, -0.05) is 0 Å². The molecular weight excluding hydrogens is 203 g/mol. The molecule has 0 aromatic carbocycles. The Labute approximate surface area is 86.9 Å². The summed E-state index contributed by atoms with van der Waals surface area (Å²) in [6, 6.07) is 0.568. The third-order valence-electron chi connectivity index (χ3n) is 1.71. The molecule has 3 nitrogen and oxygen atoms in total. The minimum Gasteiger partial charge on any atom is -0.374 e. The number of hydrogen-bond acceptors (Lipinski definition) is 3. The minimum atomic E-state index is -2.56. The molecule has 0 heterocycles. The lowest BCUT2D eigenvalue weighted by Crippen LogP contribution is -2.46. The molecule has 0 spiro atoms. The monoisotopic (exact) mass is 224 g/mol. The Morgan fingerprint density at radius 1 is 0.929 bits per heavy atom. The summed E-state index contributed by atoms with van der Waals surface area (Å²) in [7, 11) is -2.56. The molecule has 0 fully saturated rings. The molecular formula is C9H21FO3Si. The van der Waals surface area contributed by atoms with Gasteiger partial charge in [-0.25, -0.2) is 0 Å². The van der Waals surface area contributed by atoms with Gasteiger partial charge in [0.2, 0.25) is 0 Å². The third kappa shape index (κ3) is 5.04. The van der Waals surface area contributed by atoms with E-state index in [1.165, 1.54) is 0 Å². The Kier molecular flexibility index (Phi) is 8.36. The van der Waals surface area contributed by atoms with Crippen LogP contribution in [0.3, 0.4) is 0 Å². The Morgan fingerprint density at radius 3 is 1.64 bits per heavy atom. The molecule has 86 valence electrons. The topological polar surface area (TPSA) is 27.7 Å². The Bertz CT molecular complexity index is 118. The van der Waals surface area contributed by atoms with Crippen molar-refractivity contribution in [3.05, 3.63) is 0 Å². The molecule has 0 rings (SSSR count). The summed E-state index contributed by atoms with van der Waals surface area (Å²) in [6.45, 7) is 7.01. The molecule has 0 saturated carbocycles. The molecule has 5 heteroatoms. The van der Waals surface area contributed by atoms with Gasteiger partial charge in [-0.2, -0.15) is 0 Å². The third-order valence-corrected chi connectivity index (χ3v) is 4.86. The molecule has 0 aromatic heterocycles.